The number of carbonyl (C=O) groups excluding carboxylic acids is 1. The Morgan fingerprint density at radius 2 is 1.96 bits per heavy atom. The first-order valence-electron chi connectivity index (χ1n) is 9.08. The molecule has 3 aromatic rings. The van der Waals surface area contributed by atoms with Crippen molar-refractivity contribution in [2.24, 2.45) is 0 Å². The summed E-state index contributed by atoms with van der Waals surface area (Å²) in [4.78, 5) is 18.7. The number of halogens is 1. The van der Waals surface area contributed by atoms with Gasteiger partial charge in [0.2, 0.25) is 0 Å². The van der Waals surface area contributed by atoms with E-state index in [2.05, 4.69) is 15.2 Å². The van der Waals surface area contributed by atoms with E-state index >= 15 is 0 Å². The van der Waals surface area contributed by atoms with Crippen molar-refractivity contribution in [3.63, 3.8) is 0 Å². The van der Waals surface area contributed by atoms with Crippen LogP contribution < -0.4 is 19.9 Å². The Labute approximate surface area is 168 Å². The molecule has 0 aliphatic carbocycles. The molecule has 1 saturated heterocycles. The molecule has 6 nitrogen and oxygen atoms in total. The Kier molecular flexibility index (Phi) is 5.32. The summed E-state index contributed by atoms with van der Waals surface area (Å²) in [6, 6.07) is 14.9. The van der Waals surface area contributed by atoms with Crippen LogP contribution >= 0.6 is 11.6 Å². The minimum absolute atomic E-state index is 0.194. The molecule has 0 spiro atoms. The van der Waals surface area contributed by atoms with Gasteiger partial charge in [-0.15, -0.1) is 0 Å². The van der Waals surface area contributed by atoms with Gasteiger partial charge in [-0.05, 0) is 30.3 Å². The third-order valence-electron chi connectivity index (χ3n) is 4.77. The highest BCUT2D eigenvalue weighted by Gasteiger charge is 2.23. The summed E-state index contributed by atoms with van der Waals surface area (Å²) in [5.74, 6) is 1.27. The second kappa shape index (κ2) is 8.04. The highest BCUT2D eigenvalue weighted by atomic mass is 35.5. The lowest BCUT2D eigenvalue weighted by atomic mass is 10.1. The molecule has 0 saturated carbocycles. The van der Waals surface area contributed by atoms with Crippen LogP contribution in [0.5, 0.6) is 5.75 Å². The quantitative estimate of drug-likeness (QED) is 0.731. The molecule has 144 valence electrons. The van der Waals surface area contributed by atoms with Crippen molar-refractivity contribution in [2.45, 2.75) is 0 Å². The minimum atomic E-state index is -0.194. The highest BCUT2D eigenvalue weighted by molar-refractivity contribution is 6.32. The van der Waals surface area contributed by atoms with Crippen molar-refractivity contribution < 1.29 is 19.3 Å². The number of carbonyl (C=O) groups is 1. The number of amides is 1. The van der Waals surface area contributed by atoms with Gasteiger partial charge >= 0.3 is 0 Å². The lowest BCUT2D eigenvalue weighted by Gasteiger charge is -2.22. The molecule has 1 amide bonds. The number of H-pyrrole nitrogens is 1. The van der Waals surface area contributed by atoms with E-state index in [0.717, 1.165) is 29.8 Å². The Bertz CT molecular complexity index is 1020. The molecule has 7 heteroatoms. The number of hydrogen-bond acceptors (Lipinski definition) is 4. The van der Waals surface area contributed by atoms with Gasteiger partial charge in [-0.1, -0.05) is 23.7 Å². The molecule has 2 N–H and O–H groups in total. The number of nitrogens with zero attached hydrogens (tertiary/aromatic N) is 1. The number of para-hydroxylation sites is 1. The van der Waals surface area contributed by atoms with Crippen molar-refractivity contribution in [3.8, 4) is 5.75 Å². The second-order valence-corrected chi connectivity index (χ2v) is 6.92. The first-order chi connectivity index (χ1) is 13.7. The van der Waals surface area contributed by atoms with E-state index in [1.54, 1.807) is 25.3 Å². The average molecular weight is 399 g/mol. The first-order valence-corrected chi connectivity index (χ1v) is 9.46. The largest absolute Gasteiger partial charge is 0.495 e. The molecule has 1 aliphatic rings. The van der Waals surface area contributed by atoms with Crippen LogP contribution in [0.2, 0.25) is 5.02 Å². The SMILES string of the molecule is COc1ccc(NC(=O)c2cc(N3CCOCC3)[nH+]c3ccccc23)cc1Cl. The van der Waals surface area contributed by atoms with Crippen molar-refractivity contribution in [2.75, 3.05) is 43.6 Å². The number of ether oxygens (including phenoxy) is 2. The van der Waals surface area contributed by atoms with E-state index in [9.17, 15) is 4.79 Å². The lowest BCUT2D eigenvalue weighted by Crippen LogP contribution is -2.39. The zero-order valence-corrected chi connectivity index (χ0v) is 16.3. The Balaban J connectivity index is 1.69. The van der Waals surface area contributed by atoms with E-state index in [1.807, 2.05) is 30.3 Å². The van der Waals surface area contributed by atoms with Gasteiger partial charge in [0.25, 0.3) is 11.7 Å². The predicted molar refractivity (Wildman–Crippen MR) is 109 cm³/mol. The summed E-state index contributed by atoms with van der Waals surface area (Å²) < 4.78 is 10.6. The number of hydrogen-bond donors (Lipinski definition) is 1. The van der Waals surface area contributed by atoms with Crippen molar-refractivity contribution in [3.05, 3.63) is 59.1 Å². The van der Waals surface area contributed by atoms with E-state index in [4.69, 9.17) is 21.1 Å². The van der Waals surface area contributed by atoms with Gasteiger partial charge in [0, 0.05) is 17.1 Å². The van der Waals surface area contributed by atoms with Crippen molar-refractivity contribution in [1.29, 1.82) is 0 Å². The number of aromatic nitrogens is 1. The molecule has 0 atom stereocenters. The molecule has 0 bridgehead atoms. The third-order valence-corrected chi connectivity index (χ3v) is 5.06. The molecular formula is C21H21ClN3O3+. The topological polar surface area (TPSA) is 64.9 Å². The summed E-state index contributed by atoms with van der Waals surface area (Å²) in [6.07, 6.45) is 0. The van der Waals surface area contributed by atoms with E-state index in [1.165, 1.54) is 0 Å². The van der Waals surface area contributed by atoms with Crippen LogP contribution in [-0.2, 0) is 4.74 Å². The second-order valence-electron chi connectivity index (χ2n) is 6.52. The average Bonchev–Trinajstić information content (AvgIpc) is 2.73. The number of rotatable bonds is 4. The molecule has 1 aromatic heterocycles. The number of pyridine rings is 1. The monoisotopic (exact) mass is 398 g/mol. The summed E-state index contributed by atoms with van der Waals surface area (Å²) in [7, 11) is 1.55. The third kappa shape index (κ3) is 3.74. The molecule has 28 heavy (non-hydrogen) atoms. The Morgan fingerprint density at radius 1 is 1.18 bits per heavy atom. The smallest absolute Gasteiger partial charge is 0.275 e. The summed E-state index contributed by atoms with van der Waals surface area (Å²) in [6.45, 7) is 2.91. The number of methoxy groups -OCH3 is 1. The predicted octanol–water partition coefficient (Wildman–Crippen LogP) is 3.40. The standard InChI is InChI=1S/C21H20ClN3O3/c1-27-19-7-6-14(12-17(19)22)23-21(26)16-13-20(25-8-10-28-11-9-25)24-18-5-3-2-4-15(16)18/h2-7,12-13H,8-11H2,1H3,(H,23,26)/p+1. The highest BCUT2D eigenvalue weighted by Crippen LogP contribution is 2.28. The summed E-state index contributed by atoms with van der Waals surface area (Å²) in [5, 5.41) is 4.24. The molecule has 2 aromatic carbocycles. The Morgan fingerprint density at radius 3 is 2.71 bits per heavy atom. The number of fused-ring (bicyclic) bond motifs is 1. The molecule has 2 heterocycles. The van der Waals surface area contributed by atoms with E-state index in [0.29, 0.717) is 35.2 Å². The fourth-order valence-corrected chi connectivity index (χ4v) is 3.58. The molecule has 1 fully saturated rings. The normalized spacial score (nSPS) is 14.1. The lowest BCUT2D eigenvalue weighted by molar-refractivity contribution is -0.331. The maximum atomic E-state index is 13.1. The van der Waals surface area contributed by atoms with E-state index in [-0.39, 0.29) is 5.91 Å². The number of nitrogens with one attached hydrogen (secondary N) is 2. The van der Waals surface area contributed by atoms with Crippen LogP contribution in [0.25, 0.3) is 10.9 Å². The summed E-state index contributed by atoms with van der Waals surface area (Å²) >= 11 is 6.18. The van der Waals surface area contributed by atoms with Crippen LogP contribution in [0.1, 0.15) is 10.4 Å². The van der Waals surface area contributed by atoms with Crippen LogP contribution in [0.15, 0.2) is 48.5 Å². The van der Waals surface area contributed by atoms with Crippen LogP contribution in [0.3, 0.4) is 0 Å². The maximum absolute atomic E-state index is 13.1. The van der Waals surface area contributed by atoms with Gasteiger partial charge in [-0.25, -0.2) is 4.98 Å². The molecule has 0 radical (unpaired) electrons. The molecule has 0 unspecified atom stereocenters. The van der Waals surface area contributed by atoms with Crippen LogP contribution in [0.4, 0.5) is 11.5 Å². The van der Waals surface area contributed by atoms with E-state index < -0.39 is 0 Å². The van der Waals surface area contributed by atoms with Gasteiger partial charge in [0.05, 0.1) is 30.9 Å². The van der Waals surface area contributed by atoms with Crippen LogP contribution in [-0.4, -0.2) is 39.3 Å². The van der Waals surface area contributed by atoms with Gasteiger partial charge in [0.1, 0.15) is 24.4 Å². The number of benzene rings is 2. The molecular weight excluding hydrogens is 378 g/mol. The Hall–Kier alpha value is -2.83. The molecule has 4 rings (SSSR count). The first kappa shape index (κ1) is 18.5. The minimum Gasteiger partial charge on any atom is -0.495 e. The zero-order chi connectivity index (χ0) is 19.5. The van der Waals surface area contributed by atoms with Gasteiger partial charge in [0.15, 0.2) is 0 Å². The van der Waals surface area contributed by atoms with Gasteiger partial charge in [-0.2, -0.15) is 0 Å². The fourth-order valence-electron chi connectivity index (χ4n) is 3.32. The van der Waals surface area contributed by atoms with Gasteiger partial charge < -0.3 is 14.8 Å². The molecule has 1 aliphatic heterocycles. The zero-order valence-electron chi connectivity index (χ0n) is 15.5. The van der Waals surface area contributed by atoms with Crippen molar-refractivity contribution in [1.82, 2.24) is 0 Å². The summed E-state index contributed by atoms with van der Waals surface area (Å²) in [5.41, 5.74) is 2.12. The fraction of sp³-hybridized carbons (Fsp3) is 0.238. The van der Waals surface area contributed by atoms with Gasteiger partial charge in [-0.3, -0.25) is 9.69 Å². The number of anilines is 2. The number of aromatic amines is 1. The van der Waals surface area contributed by atoms with Crippen LogP contribution in [0, 0.1) is 0 Å². The maximum Gasteiger partial charge on any atom is 0.275 e. The van der Waals surface area contributed by atoms with Crippen molar-refractivity contribution >= 4 is 39.9 Å². The number of morpholine rings is 1.